The van der Waals surface area contributed by atoms with Crippen LogP contribution in [0.1, 0.15) is 31.7 Å². The predicted molar refractivity (Wildman–Crippen MR) is 105 cm³/mol. The predicted octanol–water partition coefficient (Wildman–Crippen LogP) is 5.25. The van der Waals surface area contributed by atoms with E-state index in [1.165, 1.54) is 50.6 Å². The molecular formula is C22H28F2N2. The fraction of sp³-hybridized carbons (Fsp3) is 0.455. The zero-order valence-electron chi connectivity index (χ0n) is 15.8. The summed E-state index contributed by atoms with van der Waals surface area (Å²) in [5, 5.41) is 0. The Bertz CT molecular complexity index is 696. The molecule has 0 spiro atoms. The second-order valence-electron chi connectivity index (χ2n) is 7.15. The van der Waals surface area contributed by atoms with Crippen molar-refractivity contribution in [1.82, 2.24) is 4.90 Å². The molecule has 2 aromatic carbocycles. The van der Waals surface area contributed by atoms with Crippen molar-refractivity contribution in [3.8, 4) is 11.1 Å². The van der Waals surface area contributed by atoms with Crippen LogP contribution in [0.15, 0.2) is 36.4 Å². The van der Waals surface area contributed by atoms with Crippen molar-refractivity contribution in [1.29, 1.82) is 0 Å². The number of hydrogen-bond acceptors (Lipinski definition) is 2. The third kappa shape index (κ3) is 4.42. The summed E-state index contributed by atoms with van der Waals surface area (Å²) in [5.41, 5.74) is 2.67. The lowest BCUT2D eigenvalue weighted by atomic mass is 10.0. The van der Waals surface area contributed by atoms with E-state index in [1.807, 2.05) is 12.1 Å². The molecule has 0 unspecified atom stereocenters. The summed E-state index contributed by atoms with van der Waals surface area (Å²) in [4.78, 5) is 4.93. The summed E-state index contributed by atoms with van der Waals surface area (Å²) in [6, 6.07) is 10.8. The Morgan fingerprint density at radius 1 is 0.846 bits per heavy atom. The molecule has 26 heavy (non-hydrogen) atoms. The SMILES string of the molecule is CCCCCN1CCN(c2ccc(-c3cc(F)c(C)c(F)c3)cc2)CC1. The summed E-state index contributed by atoms with van der Waals surface area (Å²) in [7, 11) is 0. The quantitative estimate of drug-likeness (QED) is 0.651. The van der Waals surface area contributed by atoms with E-state index in [0.29, 0.717) is 5.56 Å². The van der Waals surface area contributed by atoms with Gasteiger partial charge < -0.3 is 4.90 Å². The highest BCUT2D eigenvalue weighted by Gasteiger charge is 2.17. The zero-order valence-corrected chi connectivity index (χ0v) is 15.8. The van der Waals surface area contributed by atoms with Gasteiger partial charge in [0, 0.05) is 37.4 Å². The van der Waals surface area contributed by atoms with Crippen LogP contribution in [0.25, 0.3) is 11.1 Å². The monoisotopic (exact) mass is 358 g/mol. The van der Waals surface area contributed by atoms with E-state index in [0.717, 1.165) is 31.7 Å². The zero-order chi connectivity index (χ0) is 18.5. The molecule has 1 aliphatic heterocycles. The van der Waals surface area contributed by atoms with Gasteiger partial charge in [0.05, 0.1) is 0 Å². The first kappa shape index (κ1) is 18.8. The van der Waals surface area contributed by atoms with Crippen molar-refractivity contribution >= 4 is 5.69 Å². The van der Waals surface area contributed by atoms with Gasteiger partial charge >= 0.3 is 0 Å². The lowest BCUT2D eigenvalue weighted by Crippen LogP contribution is -2.46. The molecule has 2 nitrogen and oxygen atoms in total. The normalized spacial score (nSPS) is 15.5. The van der Waals surface area contributed by atoms with Gasteiger partial charge in [-0.1, -0.05) is 31.9 Å². The molecule has 0 N–H and O–H groups in total. The third-order valence-corrected chi connectivity index (χ3v) is 5.30. The summed E-state index contributed by atoms with van der Waals surface area (Å²) in [6.07, 6.45) is 3.86. The minimum absolute atomic E-state index is 0.0715. The minimum atomic E-state index is -0.497. The Morgan fingerprint density at radius 2 is 1.46 bits per heavy atom. The molecule has 0 aliphatic carbocycles. The van der Waals surface area contributed by atoms with Crippen LogP contribution in [0.2, 0.25) is 0 Å². The van der Waals surface area contributed by atoms with E-state index in [2.05, 4.69) is 28.9 Å². The fourth-order valence-corrected chi connectivity index (χ4v) is 3.49. The number of unbranched alkanes of at least 4 members (excludes halogenated alkanes) is 2. The highest BCUT2D eigenvalue weighted by atomic mass is 19.1. The second-order valence-corrected chi connectivity index (χ2v) is 7.15. The molecule has 3 rings (SSSR count). The van der Waals surface area contributed by atoms with Crippen LogP contribution < -0.4 is 4.90 Å². The summed E-state index contributed by atoms with van der Waals surface area (Å²) >= 11 is 0. The first-order valence-electron chi connectivity index (χ1n) is 9.62. The van der Waals surface area contributed by atoms with Gasteiger partial charge in [0.2, 0.25) is 0 Å². The van der Waals surface area contributed by atoms with E-state index < -0.39 is 11.6 Å². The third-order valence-electron chi connectivity index (χ3n) is 5.30. The maximum Gasteiger partial charge on any atom is 0.129 e. The summed E-state index contributed by atoms with van der Waals surface area (Å²) < 4.78 is 27.6. The van der Waals surface area contributed by atoms with Crippen molar-refractivity contribution in [3.63, 3.8) is 0 Å². The van der Waals surface area contributed by atoms with E-state index in [1.54, 1.807) is 0 Å². The Kier molecular flexibility index (Phi) is 6.25. The van der Waals surface area contributed by atoms with Gasteiger partial charge in [-0.3, -0.25) is 4.90 Å². The van der Waals surface area contributed by atoms with Crippen molar-refractivity contribution in [2.75, 3.05) is 37.6 Å². The number of anilines is 1. The Morgan fingerprint density at radius 3 is 2.04 bits per heavy atom. The van der Waals surface area contributed by atoms with Crippen molar-refractivity contribution in [3.05, 3.63) is 53.6 Å². The summed E-state index contributed by atoms with van der Waals surface area (Å²) in [5.74, 6) is -0.994. The molecule has 1 aliphatic rings. The molecule has 0 amide bonds. The second kappa shape index (κ2) is 8.63. The van der Waals surface area contributed by atoms with Gasteiger partial charge in [-0.2, -0.15) is 0 Å². The minimum Gasteiger partial charge on any atom is -0.369 e. The molecule has 0 atom stereocenters. The lowest BCUT2D eigenvalue weighted by molar-refractivity contribution is 0.252. The topological polar surface area (TPSA) is 6.48 Å². The van der Waals surface area contributed by atoms with Gasteiger partial charge in [-0.15, -0.1) is 0 Å². The van der Waals surface area contributed by atoms with Crippen LogP contribution in [0, 0.1) is 18.6 Å². The van der Waals surface area contributed by atoms with Crippen LogP contribution in [0.3, 0.4) is 0 Å². The molecular weight excluding hydrogens is 330 g/mol. The van der Waals surface area contributed by atoms with Crippen molar-refractivity contribution in [2.24, 2.45) is 0 Å². The molecule has 1 fully saturated rings. The van der Waals surface area contributed by atoms with Crippen LogP contribution in [0.5, 0.6) is 0 Å². The maximum atomic E-state index is 13.8. The summed E-state index contributed by atoms with van der Waals surface area (Å²) in [6.45, 7) is 9.14. The van der Waals surface area contributed by atoms with E-state index in [-0.39, 0.29) is 5.56 Å². The Balaban J connectivity index is 1.62. The molecule has 1 saturated heterocycles. The molecule has 0 radical (unpaired) electrons. The Hall–Kier alpha value is -1.94. The van der Waals surface area contributed by atoms with Gasteiger partial charge in [0.1, 0.15) is 11.6 Å². The number of piperazine rings is 1. The molecule has 1 heterocycles. The largest absolute Gasteiger partial charge is 0.369 e. The highest BCUT2D eigenvalue weighted by molar-refractivity contribution is 5.67. The first-order chi connectivity index (χ1) is 12.6. The van der Waals surface area contributed by atoms with E-state index in [4.69, 9.17) is 0 Å². The van der Waals surface area contributed by atoms with Crippen molar-refractivity contribution < 1.29 is 8.78 Å². The van der Waals surface area contributed by atoms with Crippen LogP contribution >= 0.6 is 0 Å². The van der Waals surface area contributed by atoms with Crippen LogP contribution in [0.4, 0.5) is 14.5 Å². The van der Waals surface area contributed by atoms with Gasteiger partial charge in [0.15, 0.2) is 0 Å². The van der Waals surface area contributed by atoms with Gasteiger partial charge in [0.25, 0.3) is 0 Å². The molecule has 0 aromatic heterocycles. The van der Waals surface area contributed by atoms with Crippen LogP contribution in [-0.4, -0.2) is 37.6 Å². The van der Waals surface area contributed by atoms with Crippen LogP contribution in [-0.2, 0) is 0 Å². The average molecular weight is 358 g/mol. The standard InChI is InChI=1S/C22H28F2N2/c1-3-4-5-10-25-11-13-26(14-12-25)20-8-6-18(7-9-20)19-15-21(23)17(2)22(24)16-19/h6-9,15-16H,3-5,10-14H2,1-2H3. The maximum absolute atomic E-state index is 13.8. The smallest absolute Gasteiger partial charge is 0.129 e. The number of hydrogen-bond donors (Lipinski definition) is 0. The van der Waals surface area contributed by atoms with E-state index in [9.17, 15) is 8.78 Å². The highest BCUT2D eigenvalue weighted by Crippen LogP contribution is 2.27. The number of halogens is 2. The average Bonchev–Trinajstić information content (AvgIpc) is 2.67. The Labute approximate surface area is 155 Å². The van der Waals surface area contributed by atoms with E-state index >= 15 is 0 Å². The molecule has 140 valence electrons. The number of rotatable bonds is 6. The van der Waals surface area contributed by atoms with Gasteiger partial charge in [-0.25, -0.2) is 8.78 Å². The fourth-order valence-electron chi connectivity index (χ4n) is 3.49. The van der Waals surface area contributed by atoms with Gasteiger partial charge in [-0.05, 0) is 55.3 Å². The molecule has 0 bridgehead atoms. The number of nitrogens with zero attached hydrogens (tertiary/aromatic N) is 2. The number of benzene rings is 2. The first-order valence-corrected chi connectivity index (χ1v) is 9.62. The van der Waals surface area contributed by atoms with Crippen molar-refractivity contribution in [2.45, 2.75) is 33.1 Å². The molecule has 2 aromatic rings. The molecule has 4 heteroatoms. The molecule has 0 saturated carbocycles. The lowest BCUT2D eigenvalue weighted by Gasteiger charge is -2.36.